The van der Waals surface area contributed by atoms with Crippen molar-refractivity contribution < 1.29 is 46.8 Å². The number of esters is 2. The Bertz CT molecular complexity index is 773. The van der Waals surface area contributed by atoms with Gasteiger partial charge in [0.15, 0.2) is 6.10 Å². The van der Waals surface area contributed by atoms with Gasteiger partial charge in [0.25, 0.3) is 7.82 Å². The van der Waals surface area contributed by atoms with Crippen LogP contribution in [0.4, 0.5) is 0 Å². The quantitative estimate of drug-likeness (QED) is 0.0247. The van der Waals surface area contributed by atoms with Crippen LogP contribution in [0, 0.1) is 0 Å². The van der Waals surface area contributed by atoms with E-state index in [2.05, 4.69) is 6.92 Å². The summed E-state index contributed by atoms with van der Waals surface area (Å²) in [6.45, 7) is 1.88. The lowest BCUT2D eigenvalue weighted by Crippen LogP contribution is -2.37. The van der Waals surface area contributed by atoms with Crippen LogP contribution in [0.2, 0.25) is 0 Å². The number of phosphoric acid groups is 1. The van der Waals surface area contributed by atoms with Crippen LogP contribution in [0.5, 0.6) is 0 Å². The molecule has 44 heavy (non-hydrogen) atoms. The van der Waals surface area contributed by atoms with Gasteiger partial charge in [0, 0.05) is 19.3 Å². The molecule has 0 radical (unpaired) electrons. The van der Waals surface area contributed by atoms with Crippen LogP contribution >= 0.6 is 7.82 Å². The average Bonchev–Trinajstić information content (AvgIpc) is 2.95. The predicted octanol–water partition coefficient (Wildman–Crippen LogP) is 7.06. The lowest BCUT2D eigenvalue weighted by Gasteiger charge is -2.28. The number of unbranched alkanes of at least 4 members (excludes halogenated alkanes) is 17. The van der Waals surface area contributed by atoms with Crippen molar-refractivity contribution >= 4 is 26.0 Å². The van der Waals surface area contributed by atoms with Crippen molar-refractivity contribution in [2.24, 2.45) is 0 Å². The summed E-state index contributed by atoms with van der Waals surface area (Å²) in [7, 11) is 1.11. The van der Waals surface area contributed by atoms with Crippen molar-refractivity contribution in [3.63, 3.8) is 0 Å². The summed E-state index contributed by atoms with van der Waals surface area (Å²) >= 11 is 0. The van der Waals surface area contributed by atoms with Crippen molar-refractivity contribution in [1.82, 2.24) is 0 Å². The Morgan fingerprint density at radius 3 is 1.68 bits per heavy atom. The highest BCUT2D eigenvalue weighted by molar-refractivity contribution is 7.45. The summed E-state index contributed by atoms with van der Waals surface area (Å²) in [5.41, 5.74) is 0. The number of hydrogen-bond donors (Lipinski definition) is 0. The Balaban J connectivity index is 4.39. The second-order valence-electron chi connectivity index (χ2n) is 12.9. The first kappa shape index (κ1) is 42.7. The third-order valence-electron chi connectivity index (χ3n) is 7.35. The van der Waals surface area contributed by atoms with E-state index in [0.717, 1.165) is 51.2 Å². The average molecular weight is 650 g/mol. The first-order valence-electron chi connectivity index (χ1n) is 17.2. The Hall–Kier alpha value is -1.32. The number of hydrogen-bond acceptors (Lipinski definition) is 9. The van der Waals surface area contributed by atoms with Gasteiger partial charge < -0.3 is 32.7 Å². The molecule has 0 aliphatic carbocycles. The number of aldehydes is 1. The van der Waals surface area contributed by atoms with Crippen molar-refractivity contribution in [2.45, 2.75) is 148 Å². The van der Waals surface area contributed by atoms with E-state index in [-0.39, 0.29) is 26.1 Å². The molecule has 0 fully saturated rings. The number of carbonyl (C=O) groups is 3. The first-order chi connectivity index (χ1) is 21.0. The van der Waals surface area contributed by atoms with Crippen molar-refractivity contribution in [1.29, 1.82) is 0 Å². The zero-order chi connectivity index (χ0) is 32.9. The molecular formula is C33H64NO9P. The molecule has 0 aliphatic rings. The number of carbonyl (C=O) groups excluding carboxylic acids is 3. The molecule has 0 amide bonds. The molecule has 1 unspecified atom stereocenters. The van der Waals surface area contributed by atoms with Gasteiger partial charge in [-0.05, 0) is 19.3 Å². The minimum atomic E-state index is -4.62. The van der Waals surface area contributed by atoms with Gasteiger partial charge in [-0.1, -0.05) is 103 Å². The molecule has 0 spiro atoms. The van der Waals surface area contributed by atoms with Crippen LogP contribution in [0.15, 0.2) is 0 Å². The summed E-state index contributed by atoms with van der Waals surface area (Å²) in [6.07, 6.45) is 20.7. The molecule has 260 valence electrons. The summed E-state index contributed by atoms with van der Waals surface area (Å²) in [5.74, 6) is -0.917. The van der Waals surface area contributed by atoms with Crippen molar-refractivity contribution in [2.75, 3.05) is 47.5 Å². The number of likely N-dealkylation sites (N-methyl/N-ethyl adjacent to an activating group) is 1. The van der Waals surface area contributed by atoms with Crippen LogP contribution in [-0.4, -0.2) is 76.3 Å². The lowest BCUT2D eigenvalue weighted by atomic mass is 10.0. The molecule has 0 aromatic rings. The molecule has 0 heterocycles. The highest BCUT2D eigenvalue weighted by atomic mass is 31.2. The fraction of sp³-hybridized carbons (Fsp3) is 0.909. The number of ether oxygens (including phenoxy) is 2. The summed E-state index contributed by atoms with van der Waals surface area (Å²) < 4.78 is 33.4. The van der Waals surface area contributed by atoms with Gasteiger partial charge in [-0.25, -0.2) is 0 Å². The second kappa shape index (κ2) is 27.9. The van der Waals surface area contributed by atoms with Gasteiger partial charge in [0.05, 0.1) is 27.7 Å². The number of nitrogens with zero attached hydrogens (tertiary/aromatic N) is 1. The second-order valence-corrected chi connectivity index (χ2v) is 14.3. The molecule has 0 aromatic heterocycles. The van der Waals surface area contributed by atoms with E-state index < -0.39 is 32.5 Å². The standard InChI is InChI=1S/C33H64NO9P/c1-5-6-7-8-9-10-11-12-13-14-15-18-21-24-32(36)40-29-31(30-42-44(38,39)41-28-26-34(2,3)4)43-33(37)25-22-19-16-17-20-23-27-35/h27,31H,5-26,28-30H2,1-4H3/t31-/m1/s1. The molecule has 11 heteroatoms. The molecule has 2 atom stereocenters. The zero-order valence-corrected chi connectivity index (χ0v) is 29.3. The van der Waals surface area contributed by atoms with Crippen LogP contribution in [0.1, 0.15) is 142 Å². The first-order valence-corrected chi connectivity index (χ1v) is 18.6. The van der Waals surface area contributed by atoms with Gasteiger partial charge in [-0.2, -0.15) is 0 Å². The molecular weight excluding hydrogens is 585 g/mol. The minimum absolute atomic E-state index is 0.0459. The van der Waals surface area contributed by atoms with E-state index in [0.29, 0.717) is 23.9 Å². The smallest absolute Gasteiger partial charge is 0.306 e. The van der Waals surface area contributed by atoms with Gasteiger partial charge in [0.1, 0.15) is 26.0 Å². The Morgan fingerprint density at radius 1 is 0.705 bits per heavy atom. The maximum Gasteiger partial charge on any atom is 0.306 e. The van der Waals surface area contributed by atoms with Crippen molar-refractivity contribution in [3.8, 4) is 0 Å². The molecule has 0 saturated heterocycles. The van der Waals surface area contributed by atoms with Crippen LogP contribution < -0.4 is 4.89 Å². The van der Waals surface area contributed by atoms with E-state index >= 15 is 0 Å². The zero-order valence-electron chi connectivity index (χ0n) is 28.4. The highest BCUT2D eigenvalue weighted by Crippen LogP contribution is 2.38. The monoisotopic (exact) mass is 649 g/mol. The van der Waals surface area contributed by atoms with Crippen LogP contribution in [0.3, 0.4) is 0 Å². The van der Waals surface area contributed by atoms with Gasteiger partial charge in [-0.15, -0.1) is 0 Å². The lowest BCUT2D eigenvalue weighted by molar-refractivity contribution is -0.870. The van der Waals surface area contributed by atoms with Gasteiger partial charge >= 0.3 is 11.9 Å². The summed E-state index contributed by atoms with van der Waals surface area (Å²) in [5, 5.41) is 0. The third-order valence-corrected chi connectivity index (χ3v) is 8.31. The molecule has 0 aliphatic heterocycles. The predicted molar refractivity (Wildman–Crippen MR) is 172 cm³/mol. The Labute approximate surface area is 268 Å². The highest BCUT2D eigenvalue weighted by Gasteiger charge is 2.21. The Morgan fingerprint density at radius 2 is 1.18 bits per heavy atom. The van der Waals surface area contributed by atoms with Crippen LogP contribution in [0.25, 0.3) is 0 Å². The molecule has 0 aromatic carbocycles. The topological polar surface area (TPSA) is 128 Å². The van der Waals surface area contributed by atoms with Crippen LogP contribution in [-0.2, 0) is 37.5 Å². The number of quaternary nitrogens is 1. The van der Waals surface area contributed by atoms with E-state index in [1.54, 1.807) is 0 Å². The SMILES string of the molecule is CCCCCCCCCCCCCCCC(=O)OC[C@H](COP(=O)([O-])OCC[N+](C)(C)C)OC(=O)CCCCCCCC=O. The number of phosphoric ester groups is 1. The maximum absolute atomic E-state index is 12.4. The van der Waals surface area contributed by atoms with Gasteiger partial charge in [0.2, 0.25) is 0 Å². The molecule has 0 rings (SSSR count). The minimum Gasteiger partial charge on any atom is -0.756 e. The Kier molecular flexibility index (Phi) is 27.1. The molecule has 0 saturated carbocycles. The number of rotatable bonds is 32. The summed E-state index contributed by atoms with van der Waals surface area (Å²) in [6, 6.07) is 0. The largest absolute Gasteiger partial charge is 0.756 e. The van der Waals surface area contributed by atoms with E-state index in [1.807, 2.05) is 21.1 Å². The molecule has 0 bridgehead atoms. The normalized spacial score (nSPS) is 13.8. The fourth-order valence-corrected chi connectivity index (χ4v) is 5.30. The maximum atomic E-state index is 12.4. The van der Waals surface area contributed by atoms with Gasteiger partial charge in [-0.3, -0.25) is 14.2 Å². The van der Waals surface area contributed by atoms with E-state index in [4.69, 9.17) is 18.5 Å². The van der Waals surface area contributed by atoms with Crippen molar-refractivity contribution in [3.05, 3.63) is 0 Å². The molecule has 0 N–H and O–H groups in total. The fourth-order valence-electron chi connectivity index (χ4n) is 4.57. The summed E-state index contributed by atoms with van der Waals surface area (Å²) in [4.78, 5) is 47.3. The third kappa shape index (κ3) is 30.7. The molecule has 10 nitrogen and oxygen atoms in total. The van der Waals surface area contributed by atoms with E-state index in [9.17, 15) is 23.8 Å². The van der Waals surface area contributed by atoms with E-state index in [1.165, 1.54) is 64.2 Å².